The predicted molar refractivity (Wildman–Crippen MR) is 72.8 cm³/mol. The minimum absolute atomic E-state index is 0.173. The van der Waals surface area contributed by atoms with Crippen molar-refractivity contribution in [1.82, 2.24) is 0 Å². The summed E-state index contributed by atoms with van der Waals surface area (Å²) < 4.78 is 21.6. The highest BCUT2D eigenvalue weighted by Crippen LogP contribution is 2.42. The van der Waals surface area contributed by atoms with Gasteiger partial charge in [-0.2, -0.15) is 0 Å². The molecule has 1 aromatic rings. The number of hydrogen-bond donors (Lipinski definition) is 2. The van der Waals surface area contributed by atoms with Gasteiger partial charge in [-0.05, 0) is 33.6 Å². The van der Waals surface area contributed by atoms with Crippen molar-refractivity contribution in [2.24, 2.45) is 0 Å². The maximum atomic E-state index is 11.7. The van der Waals surface area contributed by atoms with Gasteiger partial charge in [-0.1, -0.05) is 30.7 Å². The molecule has 0 aromatic heterocycles. The minimum atomic E-state index is -3.65. The first-order chi connectivity index (χ1) is 7.72. The topological polar surface area (TPSA) is 80.4 Å². The SMILES string of the molecule is CCS(=O)(=O)[C@](Cl)(Br)[C@@H](O)c1ccc(N)cc1. The Kier molecular flexibility index (Phi) is 4.46. The highest BCUT2D eigenvalue weighted by Gasteiger charge is 2.45. The van der Waals surface area contributed by atoms with Crippen LogP contribution in [0, 0.1) is 0 Å². The van der Waals surface area contributed by atoms with E-state index in [1.165, 1.54) is 19.1 Å². The van der Waals surface area contributed by atoms with E-state index in [0.29, 0.717) is 11.3 Å². The second kappa shape index (κ2) is 5.14. The standard InChI is InChI=1S/C10H13BrClNO3S/c1-2-17(15,16)10(11,12)9(14)7-3-5-8(13)6-4-7/h3-6,9,14H,2,13H2,1H3/t9-,10-/m0/s1. The zero-order valence-corrected chi connectivity index (χ0v) is 12.3. The fraction of sp³-hybridized carbons (Fsp3) is 0.400. The second-order valence-electron chi connectivity index (χ2n) is 3.53. The number of alkyl halides is 2. The van der Waals surface area contributed by atoms with Gasteiger partial charge >= 0.3 is 0 Å². The van der Waals surface area contributed by atoms with E-state index >= 15 is 0 Å². The van der Waals surface area contributed by atoms with Gasteiger partial charge in [0.25, 0.3) is 0 Å². The molecule has 2 atom stereocenters. The lowest BCUT2D eigenvalue weighted by molar-refractivity contribution is 0.185. The maximum Gasteiger partial charge on any atom is 0.229 e. The average molecular weight is 343 g/mol. The van der Waals surface area contributed by atoms with Gasteiger partial charge in [0.05, 0.1) is 5.75 Å². The highest BCUT2D eigenvalue weighted by atomic mass is 79.9. The van der Waals surface area contributed by atoms with Crippen molar-refractivity contribution >= 4 is 43.1 Å². The van der Waals surface area contributed by atoms with E-state index in [4.69, 9.17) is 17.3 Å². The third kappa shape index (κ3) is 2.93. The molecule has 0 bridgehead atoms. The molecule has 0 aliphatic carbocycles. The lowest BCUT2D eigenvalue weighted by atomic mass is 10.1. The number of nitrogens with two attached hydrogens (primary N) is 1. The van der Waals surface area contributed by atoms with Gasteiger partial charge in [-0.25, -0.2) is 8.42 Å². The summed E-state index contributed by atoms with van der Waals surface area (Å²) in [7, 11) is -3.65. The molecule has 0 saturated heterocycles. The number of rotatable bonds is 4. The van der Waals surface area contributed by atoms with Gasteiger partial charge in [-0.3, -0.25) is 0 Å². The molecule has 0 aliphatic heterocycles. The summed E-state index contributed by atoms with van der Waals surface area (Å²) in [4.78, 5) is 0. The largest absolute Gasteiger partial charge is 0.399 e. The molecule has 3 N–H and O–H groups in total. The molecule has 0 radical (unpaired) electrons. The molecule has 1 aromatic carbocycles. The first kappa shape index (κ1) is 14.8. The second-order valence-corrected chi connectivity index (χ2v) is 9.04. The molecule has 0 unspecified atom stereocenters. The van der Waals surface area contributed by atoms with Crippen molar-refractivity contribution in [2.75, 3.05) is 11.5 Å². The number of sulfone groups is 1. The molecule has 96 valence electrons. The first-order valence-corrected chi connectivity index (χ1v) is 7.68. The number of benzene rings is 1. The van der Waals surface area contributed by atoms with Crippen LogP contribution in [0.1, 0.15) is 18.6 Å². The predicted octanol–water partition coefficient (Wildman–Crippen LogP) is 2.02. The minimum Gasteiger partial charge on any atom is -0.399 e. The monoisotopic (exact) mass is 341 g/mol. The van der Waals surface area contributed by atoms with E-state index in [2.05, 4.69) is 15.9 Å². The van der Waals surface area contributed by atoms with Gasteiger partial charge in [0.15, 0.2) is 9.84 Å². The summed E-state index contributed by atoms with van der Waals surface area (Å²) >= 11 is 8.78. The van der Waals surface area contributed by atoms with E-state index in [1.807, 2.05) is 0 Å². The van der Waals surface area contributed by atoms with Gasteiger partial charge in [-0.15, -0.1) is 0 Å². The summed E-state index contributed by atoms with van der Waals surface area (Å²) in [6.45, 7) is 1.46. The van der Waals surface area contributed by atoms with Crippen LogP contribution in [0.2, 0.25) is 0 Å². The Bertz CT molecular complexity index is 487. The Morgan fingerprint density at radius 3 is 2.35 bits per heavy atom. The maximum absolute atomic E-state index is 11.7. The molecule has 0 spiro atoms. The van der Waals surface area contributed by atoms with Crippen LogP contribution in [-0.2, 0) is 9.84 Å². The normalized spacial score (nSPS) is 17.4. The van der Waals surface area contributed by atoms with Crippen molar-refractivity contribution < 1.29 is 13.5 Å². The van der Waals surface area contributed by atoms with E-state index in [9.17, 15) is 13.5 Å². The fourth-order valence-corrected chi connectivity index (χ4v) is 3.50. The zero-order valence-electron chi connectivity index (χ0n) is 9.10. The van der Waals surface area contributed by atoms with Crippen LogP contribution >= 0.6 is 27.5 Å². The number of aliphatic hydroxyl groups is 1. The molecule has 17 heavy (non-hydrogen) atoms. The van der Waals surface area contributed by atoms with Crippen molar-refractivity contribution in [3.63, 3.8) is 0 Å². The van der Waals surface area contributed by atoms with Crippen LogP contribution in [0.4, 0.5) is 5.69 Å². The summed E-state index contributed by atoms with van der Waals surface area (Å²) in [5.41, 5.74) is 6.40. The Morgan fingerprint density at radius 1 is 1.47 bits per heavy atom. The Labute approximate surface area is 114 Å². The third-order valence-electron chi connectivity index (χ3n) is 2.37. The van der Waals surface area contributed by atoms with Crippen molar-refractivity contribution in [2.45, 2.75) is 16.1 Å². The molecular formula is C10H13BrClNO3S. The van der Waals surface area contributed by atoms with Crippen LogP contribution in [0.3, 0.4) is 0 Å². The van der Waals surface area contributed by atoms with E-state index in [-0.39, 0.29) is 5.75 Å². The molecule has 0 saturated carbocycles. The van der Waals surface area contributed by atoms with Crippen LogP contribution in [-0.4, -0.2) is 22.4 Å². The van der Waals surface area contributed by atoms with Crippen molar-refractivity contribution in [3.8, 4) is 0 Å². The number of halogens is 2. The summed E-state index contributed by atoms with van der Waals surface area (Å²) in [5, 5.41) is 10.0. The molecule has 7 heteroatoms. The van der Waals surface area contributed by atoms with Crippen LogP contribution in [0.25, 0.3) is 0 Å². The van der Waals surface area contributed by atoms with Crippen LogP contribution in [0.5, 0.6) is 0 Å². The number of anilines is 1. The number of aliphatic hydroxyl groups excluding tert-OH is 1. The molecular weight excluding hydrogens is 330 g/mol. The smallest absolute Gasteiger partial charge is 0.229 e. The third-order valence-corrected chi connectivity index (χ3v) is 7.00. The summed E-state index contributed by atoms with van der Waals surface area (Å²) in [5.74, 6) is -0.173. The van der Waals surface area contributed by atoms with Crippen LogP contribution < -0.4 is 5.73 Å². The summed E-state index contributed by atoms with van der Waals surface area (Å²) in [6, 6.07) is 6.20. The quantitative estimate of drug-likeness (QED) is 0.648. The number of nitrogen functional groups attached to an aromatic ring is 1. The molecule has 4 nitrogen and oxygen atoms in total. The zero-order chi connectivity index (χ0) is 13.3. The van der Waals surface area contributed by atoms with E-state index in [0.717, 1.165) is 0 Å². The van der Waals surface area contributed by atoms with Crippen LogP contribution in [0.15, 0.2) is 24.3 Å². The molecule has 1 rings (SSSR count). The van der Waals surface area contributed by atoms with E-state index < -0.39 is 19.1 Å². The van der Waals surface area contributed by atoms with Crippen molar-refractivity contribution in [1.29, 1.82) is 0 Å². The molecule has 0 amide bonds. The highest BCUT2D eigenvalue weighted by molar-refractivity contribution is 9.12. The lowest BCUT2D eigenvalue weighted by Gasteiger charge is -2.25. The van der Waals surface area contributed by atoms with Crippen molar-refractivity contribution in [3.05, 3.63) is 29.8 Å². The Balaban J connectivity index is 3.12. The Morgan fingerprint density at radius 2 is 1.94 bits per heavy atom. The summed E-state index contributed by atoms with van der Waals surface area (Å²) in [6.07, 6.45) is -1.38. The van der Waals surface area contributed by atoms with Gasteiger partial charge in [0.2, 0.25) is 3.12 Å². The fourth-order valence-electron chi connectivity index (χ4n) is 1.23. The molecule has 0 aliphatic rings. The van der Waals surface area contributed by atoms with Gasteiger partial charge in [0.1, 0.15) is 6.10 Å². The average Bonchev–Trinajstić information content (AvgIpc) is 2.28. The molecule has 0 heterocycles. The van der Waals surface area contributed by atoms with Gasteiger partial charge in [0, 0.05) is 5.69 Å². The number of hydrogen-bond acceptors (Lipinski definition) is 4. The molecule has 0 fully saturated rings. The lowest BCUT2D eigenvalue weighted by Crippen LogP contribution is -2.34. The Hall–Kier alpha value is -0.300. The van der Waals surface area contributed by atoms with E-state index in [1.54, 1.807) is 12.1 Å². The van der Waals surface area contributed by atoms with Gasteiger partial charge < -0.3 is 10.8 Å². The first-order valence-electron chi connectivity index (χ1n) is 4.86.